The summed E-state index contributed by atoms with van der Waals surface area (Å²) in [5.74, 6) is -0.341. The Bertz CT molecular complexity index is 150. The number of esters is 1. The van der Waals surface area contributed by atoms with E-state index < -0.39 is 0 Å². The number of carbonyl (C=O) groups is 1. The second kappa shape index (κ2) is 4.91. The van der Waals surface area contributed by atoms with Crippen LogP contribution in [0.4, 0.5) is 0 Å². The fourth-order valence-corrected chi connectivity index (χ4v) is 0.576. The summed E-state index contributed by atoms with van der Waals surface area (Å²) in [4.78, 5) is 10.9. The molecule has 0 rings (SSSR count). The number of rotatable bonds is 4. The molecule has 0 spiro atoms. The lowest BCUT2D eigenvalue weighted by Gasteiger charge is -2.14. The quantitative estimate of drug-likeness (QED) is 0.377. The third-order valence-electron chi connectivity index (χ3n) is 1.29. The summed E-state index contributed by atoms with van der Waals surface area (Å²) >= 11 is 0. The number of nitrogens with one attached hydrogen (secondary N) is 1. The molecule has 1 unspecified atom stereocenters. The normalized spacial score (nSPS) is 12.3. The molecule has 0 aliphatic heterocycles. The fourth-order valence-electron chi connectivity index (χ4n) is 0.576. The average molecular weight is 157 g/mol. The van der Waals surface area contributed by atoms with Crippen LogP contribution in [0.2, 0.25) is 0 Å². The van der Waals surface area contributed by atoms with Gasteiger partial charge in [-0.2, -0.15) is 0 Å². The predicted molar refractivity (Wildman–Crippen MR) is 44.0 cm³/mol. The van der Waals surface area contributed by atoms with Crippen molar-refractivity contribution in [1.29, 1.82) is 0 Å². The lowest BCUT2D eigenvalue weighted by Crippen LogP contribution is -2.30. The number of hydrogen-bond donors (Lipinski definition) is 1. The van der Waals surface area contributed by atoms with E-state index in [1.807, 2.05) is 6.92 Å². The summed E-state index contributed by atoms with van der Waals surface area (Å²) in [5.41, 5.74) is 0.429. The molecular formula is C8H15NO2. The van der Waals surface area contributed by atoms with Gasteiger partial charge in [-0.05, 0) is 20.4 Å². The SMILES string of the molecule is C=C(C)C(=O)OC(CC)NC. The van der Waals surface area contributed by atoms with Crippen LogP contribution in [0.25, 0.3) is 0 Å². The molecule has 0 saturated heterocycles. The molecule has 0 heterocycles. The molecule has 1 N–H and O–H groups in total. The molecule has 0 bridgehead atoms. The highest BCUT2D eigenvalue weighted by atomic mass is 16.6. The molecule has 0 saturated carbocycles. The summed E-state index contributed by atoms with van der Waals surface area (Å²) in [6.07, 6.45) is 0.564. The van der Waals surface area contributed by atoms with Gasteiger partial charge in [0.2, 0.25) is 0 Å². The van der Waals surface area contributed by atoms with Crippen LogP contribution >= 0.6 is 0 Å². The molecular weight excluding hydrogens is 142 g/mol. The van der Waals surface area contributed by atoms with Crippen molar-refractivity contribution < 1.29 is 9.53 Å². The van der Waals surface area contributed by atoms with Crippen molar-refractivity contribution in [2.24, 2.45) is 0 Å². The Morgan fingerprint density at radius 1 is 1.73 bits per heavy atom. The molecule has 0 aromatic rings. The maximum Gasteiger partial charge on any atom is 0.334 e. The van der Waals surface area contributed by atoms with Crippen LogP contribution in [0.3, 0.4) is 0 Å². The Morgan fingerprint density at radius 3 is 2.55 bits per heavy atom. The van der Waals surface area contributed by atoms with Gasteiger partial charge in [-0.3, -0.25) is 5.32 Å². The summed E-state index contributed by atoms with van der Waals surface area (Å²) in [6, 6.07) is 0. The average Bonchev–Trinajstić information content (AvgIpc) is 1.99. The van der Waals surface area contributed by atoms with Crippen LogP contribution in [-0.4, -0.2) is 19.2 Å². The van der Waals surface area contributed by atoms with Gasteiger partial charge in [0.05, 0.1) is 0 Å². The first kappa shape index (κ1) is 10.2. The maximum absolute atomic E-state index is 10.9. The molecule has 64 valence electrons. The molecule has 0 amide bonds. The molecule has 0 aromatic heterocycles. The molecule has 3 heteroatoms. The maximum atomic E-state index is 10.9. The van der Waals surface area contributed by atoms with E-state index >= 15 is 0 Å². The molecule has 11 heavy (non-hydrogen) atoms. The Balaban J connectivity index is 3.81. The zero-order valence-electron chi connectivity index (χ0n) is 7.31. The van der Waals surface area contributed by atoms with Crippen LogP contribution in [0, 0.1) is 0 Å². The third kappa shape index (κ3) is 3.78. The van der Waals surface area contributed by atoms with Crippen LogP contribution in [0.5, 0.6) is 0 Å². The van der Waals surface area contributed by atoms with Gasteiger partial charge in [0.15, 0.2) is 6.23 Å². The van der Waals surface area contributed by atoms with Gasteiger partial charge in [0, 0.05) is 5.57 Å². The van der Waals surface area contributed by atoms with Gasteiger partial charge >= 0.3 is 5.97 Å². The molecule has 0 aromatic carbocycles. The Hall–Kier alpha value is -0.830. The van der Waals surface area contributed by atoms with E-state index in [2.05, 4.69) is 11.9 Å². The van der Waals surface area contributed by atoms with Crippen molar-refractivity contribution in [3.05, 3.63) is 12.2 Å². The van der Waals surface area contributed by atoms with E-state index in [0.717, 1.165) is 6.42 Å². The Morgan fingerprint density at radius 2 is 2.27 bits per heavy atom. The minimum absolute atomic E-state index is 0.195. The first-order valence-corrected chi connectivity index (χ1v) is 3.65. The largest absolute Gasteiger partial charge is 0.443 e. The fraction of sp³-hybridized carbons (Fsp3) is 0.625. The molecule has 1 atom stereocenters. The van der Waals surface area contributed by atoms with Crippen molar-refractivity contribution in [1.82, 2.24) is 5.32 Å². The van der Waals surface area contributed by atoms with Gasteiger partial charge in [0.25, 0.3) is 0 Å². The zero-order valence-corrected chi connectivity index (χ0v) is 7.31. The van der Waals surface area contributed by atoms with E-state index in [9.17, 15) is 4.79 Å². The highest BCUT2D eigenvalue weighted by molar-refractivity contribution is 5.87. The first-order valence-electron chi connectivity index (χ1n) is 3.65. The lowest BCUT2D eigenvalue weighted by molar-refractivity contribution is -0.145. The summed E-state index contributed by atoms with van der Waals surface area (Å²) < 4.78 is 4.96. The lowest BCUT2D eigenvalue weighted by atomic mass is 10.3. The highest BCUT2D eigenvalue weighted by Gasteiger charge is 2.09. The first-order chi connectivity index (χ1) is 5.11. The van der Waals surface area contributed by atoms with E-state index in [-0.39, 0.29) is 12.2 Å². The smallest absolute Gasteiger partial charge is 0.334 e. The van der Waals surface area contributed by atoms with Crippen molar-refractivity contribution in [3.8, 4) is 0 Å². The third-order valence-corrected chi connectivity index (χ3v) is 1.29. The topological polar surface area (TPSA) is 38.3 Å². The van der Waals surface area contributed by atoms with E-state index in [1.54, 1.807) is 14.0 Å². The summed E-state index contributed by atoms with van der Waals surface area (Å²) in [7, 11) is 1.75. The highest BCUT2D eigenvalue weighted by Crippen LogP contribution is 1.98. The van der Waals surface area contributed by atoms with Crippen molar-refractivity contribution >= 4 is 5.97 Å². The van der Waals surface area contributed by atoms with Crippen molar-refractivity contribution in [2.75, 3.05) is 7.05 Å². The molecule has 0 fully saturated rings. The van der Waals surface area contributed by atoms with Crippen LogP contribution in [0.1, 0.15) is 20.3 Å². The number of hydrogen-bond acceptors (Lipinski definition) is 3. The van der Waals surface area contributed by atoms with Gasteiger partial charge in [-0.15, -0.1) is 0 Å². The van der Waals surface area contributed by atoms with Gasteiger partial charge in [-0.1, -0.05) is 13.5 Å². The zero-order chi connectivity index (χ0) is 8.85. The van der Waals surface area contributed by atoms with Crippen LogP contribution in [-0.2, 0) is 9.53 Å². The summed E-state index contributed by atoms with van der Waals surface area (Å²) in [6.45, 7) is 7.04. The van der Waals surface area contributed by atoms with Gasteiger partial charge < -0.3 is 4.74 Å². The van der Waals surface area contributed by atoms with Crippen LogP contribution < -0.4 is 5.32 Å². The molecule has 0 aliphatic carbocycles. The minimum atomic E-state index is -0.341. The van der Waals surface area contributed by atoms with Gasteiger partial charge in [0.1, 0.15) is 0 Å². The van der Waals surface area contributed by atoms with Gasteiger partial charge in [-0.25, -0.2) is 4.79 Å². The van der Waals surface area contributed by atoms with Crippen molar-refractivity contribution in [3.63, 3.8) is 0 Å². The molecule has 0 aliphatic rings. The number of carbonyl (C=O) groups excluding carboxylic acids is 1. The Labute approximate surface area is 67.4 Å². The second-order valence-electron chi connectivity index (χ2n) is 2.37. The molecule has 0 radical (unpaired) electrons. The van der Waals surface area contributed by atoms with E-state index in [4.69, 9.17) is 4.74 Å². The molecule has 3 nitrogen and oxygen atoms in total. The monoisotopic (exact) mass is 157 g/mol. The van der Waals surface area contributed by atoms with Crippen molar-refractivity contribution in [2.45, 2.75) is 26.5 Å². The minimum Gasteiger partial charge on any atom is -0.443 e. The van der Waals surface area contributed by atoms with E-state index in [0.29, 0.717) is 5.57 Å². The van der Waals surface area contributed by atoms with E-state index in [1.165, 1.54) is 0 Å². The number of ether oxygens (including phenoxy) is 1. The standard InChI is InChI=1S/C8H15NO2/c1-5-7(9-4)11-8(10)6(2)3/h7,9H,2,5H2,1,3-4H3. The Kier molecular flexibility index (Phi) is 4.54. The van der Waals surface area contributed by atoms with Crippen LogP contribution in [0.15, 0.2) is 12.2 Å². The second-order valence-corrected chi connectivity index (χ2v) is 2.37. The summed E-state index contributed by atoms with van der Waals surface area (Å²) in [5, 5.41) is 2.85. The predicted octanol–water partition coefficient (Wildman–Crippen LogP) is 1.06.